The van der Waals surface area contributed by atoms with Gasteiger partial charge in [-0.2, -0.15) is 0 Å². The van der Waals surface area contributed by atoms with Gasteiger partial charge in [0.05, 0.1) is 12.8 Å². The van der Waals surface area contributed by atoms with Crippen LogP contribution in [0.5, 0.6) is 5.75 Å². The van der Waals surface area contributed by atoms with E-state index in [0.29, 0.717) is 5.92 Å². The van der Waals surface area contributed by atoms with Gasteiger partial charge in [-0.05, 0) is 30.5 Å². The van der Waals surface area contributed by atoms with Crippen molar-refractivity contribution in [3.63, 3.8) is 0 Å². The summed E-state index contributed by atoms with van der Waals surface area (Å²) in [5.41, 5.74) is 2.30. The second-order valence-corrected chi connectivity index (χ2v) is 5.35. The molecule has 0 saturated carbocycles. The minimum Gasteiger partial charge on any atom is -0.497 e. The fraction of sp³-hybridized carbons (Fsp3) is 0.562. The standard InChI is InChI=1S/C16H24N2O2/c1-3-14-12-18(11-9-16(14)17-19)10-8-13-4-6-15(20-2)7-5-13/h4-7,14,19H,3,8-12H2,1-2H3/b17-16+. The molecule has 1 N–H and O–H groups in total. The molecule has 0 spiro atoms. The van der Waals surface area contributed by atoms with E-state index in [-0.39, 0.29) is 0 Å². The fourth-order valence-electron chi connectivity index (χ4n) is 2.76. The van der Waals surface area contributed by atoms with E-state index in [1.807, 2.05) is 12.1 Å². The molecule has 1 aromatic carbocycles. The van der Waals surface area contributed by atoms with Crippen molar-refractivity contribution in [3.8, 4) is 5.75 Å². The Labute approximate surface area is 121 Å². The molecule has 1 heterocycles. The number of benzene rings is 1. The first-order chi connectivity index (χ1) is 9.76. The van der Waals surface area contributed by atoms with Crippen molar-refractivity contribution in [1.82, 2.24) is 4.90 Å². The highest BCUT2D eigenvalue weighted by Gasteiger charge is 2.24. The molecule has 0 aromatic heterocycles. The third kappa shape index (κ3) is 3.73. The summed E-state index contributed by atoms with van der Waals surface area (Å²) in [6.07, 6.45) is 2.97. The van der Waals surface area contributed by atoms with E-state index >= 15 is 0 Å². The van der Waals surface area contributed by atoms with Crippen LogP contribution in [0.25, 0.3) is 0 Å². The molecule has 1 unspecified atom stereocenters. The number of hydrogen-bond donors (Lipinski definition) is 1. The summed E-state index contributed by atoms with van der Waals surface area (Å²) < 4.78 is 5.17. The van der Waals surface area contributed by atoms with Crippen molar-refractivity contribution in [2.45, 2.75) is 26.2 Å². The topological polar surface area (TPSA) is 45.1 Å². The number of methoxy groups -OCH3 is 1. The average Bonchev–Trinajstić information content (AvgIpc) is 2.53. The van der Waals surface area contributed by atoms with Crippen molar-refractivity contribution in [3.05, 3.63) is 29.8 Å². The van der Waals surface area contributed by atoms with Crippen molar-refractivity contribution in [1.29, 1.82) is 0 Å². The van der Waals surface area contributed by atoms with E-state index in [0.717, 1.165) is 50.4 Å². The molecule has 2 rings (SSSR count). The smallest absolute Gasteiger partial charge is 0.118 e. The lowest BCUT2D eigenvalue weighted by Gasteiger charge is -2.32. The maximum atomic E-state index is 8.99. The highest BCUT2D eigenvalue weighted by atomic mass is 16.5. The van der Waals surface area contributed by atoms with Gasteiger partial charge in [0.1, 0.15) is 5.75 Å². The van der Waals surface area contributed by atoms with Gasteiger partial charge in [0.2, 0.25) is 0 Å². The van der Waals surface area contributed by atoms with Gasteiger partial charge >= 0.3 is 0 Å². The molecule has 0 radical (unpaired) electrons. The summed E-state index contributed by atoms with van der Waals surface area (Å²) in [5, 5.41) is 12.4. The van der Waals surface area contributed by atoms with Crippen LogP contribution < -0.4 is 4.74 Å². The Morgan fingerprint density at radius 1 is 1.35 bits per heavy atom. The monoisotopic (exact) mass is 276 g/mol. The zero-order valence-corrected chi connectivity index (χ0v) is 12.4. The summed E-state index contributed by atoms with van der Waals surface area (Å²) in [6.45, 7) is 5.21. The predicted octanol–water partition coefficient (Wildman–Crippen LogP) is 2.80. The van der Waals surface area contributed by atoms with Crippen molar-refractivity contribution in [2.24, 2.45) is 11.1 Å². The quantitative estimate of drug-likeness (QED) is 0.664. The molecule has 1 saturated heterocycles. The average molecular weight is 276 g/mol. The number of ether oxygens (including phenoxy) is 1. The molecule has 1 fully saturated rings. The largest absolute Gasteiger partial charge is 0.497 e. The number of likely N-dealkylation sites (tertiary alicyclic amines) is 1. The zero-order valence-electron chi connectivity index (χ0n) is 12.4. The van der Waals surface area contributed by atoms with Gasteiger partial charge in [0, 0.05) is 32.0 Å². The normalized spacial score (nSPS) is 22.1. The fourth-order valence-corrected chi connectivity index (χ4v) is 2.76. The van der Waals surface area contributed by atoms with Gasteiger partial charge in [-0.1, -0.05) is 24.2 Å². The third-order valence-electron chi connectivity index (χ3n) is 4.13. The lowest BCUT2D eigenvalue weighted by molar-refractivity contribution is 0.230. The number of nitrogens with zero attached hydrogens (tertiary/aromatic N) is 2. The van der Waals surface area contributed by atoms with Gasteiger partial charge in [0.25, 0.3) is 0 Å². The van der Waals surface area contributed by atoms with Crippen LogP contribution in [0, 0.1) is 5.92 Å². The van der Waals surface area contributed by atoms with Crippen LogP contribution in [0.2, 0.25) is 0 Å². The van der Waals surface area contributed by atoms with Gasteiger partial charge < -0.3 is 14.8 Å². The molecular weight excluding hydrogens is 252 g/mol. The minimum atomic E-state index is 0.407. The van der Waals surface area contributed by atoms with E-state index in [9.17, 15) is 0 Å². The SMILES string of the molecule is CCC1CN(CCc2ccc(OC)cc2)CC/C1=N\O. The van der Waals surface area contributed by atoms with Crippen LogP contribution in [-0.4, -0.2) is 42.6 Å². The third-order valence-corrected chi connectivity index (χ3v) is 4.13. The Morgan fingerprint density at radius 3 is 2.70 bits per heavy atom. The van der Waals surface area contributed by atoms with E-state index < -0.39 is 0 Å². The Hall–Kier alpha value is -1.55. The lowest BCUT2D eigenvalue weighted by Crippen LogP contribution is -2.41. The maximum Gasteiger partial charge on any atom is 0.118 e. The number of hydrogen-bond acceptors (Lipinski definition) is 4. The van der Waals surface area contributed by atoms with E-state index in [1.54, 1.807) is 7.11 Å². The van der Waals surface area contributed by atoms with Crippen molar-refractivity contribution in [2.75, 3.05) is 26.7 Å². The molecule has 4 heteroatoms. The molecule has 0 bridgehead atoms. The zero-order chi connectivity index (χ0) is 14.4. The van der Waals surface area contributed by atoms with Gasteiger partial charge in [0.15, 0.2) is 0 Å². The predicted molar refractivity (Wildman–Crippen MR) is 80.8 cm³/mol. The summed E-state index contributed by atoms with van der Waals surface area (Å²) in [6, 6.07) is 8.27. The summed E-state index contributed by atoms with van der Waals surface area (Å²) in [4.78, 5) is 2.47. The van der Waals surface area contributed by atoms with Crippen LogP contribution in [0.4, 0.5) is 0 Å². The summed E-state index contributed by atoms with van der Waals surface area (Å²) in [7, 11) is 1.69. The van der Waals surface area contributed by atoms with Crippen LogP contribution in [0.3, 0.4) is 0 Å². The molecule has 1 aliphatic rings. The van der Waals surface area contributed by atoms with Gasteiger partial charge in [-0.15, -0.1) is 0 Å². The van der Waals surface area contributed by atoms with Gasteiger partial charge in [-0.3, -0.25) is 0 Å². The highest BCUT2D eigenvalue weighted by Crippen LogP contribution is 2.18. The Kier molecular flexibility index (Phi) is 5.41. The molecule has 1 aromatic rings. The number of piperidine rings is 1. The Balaban J connectivity index is 1.84. The Bertz CT molecular complexity index is 442. The highest BCUT2D eigenvalue weighted by molar-refractivity contribution is 5.87. The van der Waals surface area contributed by atoms with Crippen LogP contribution in [0.1, 0.15) is 25.3 Å². The van der Waals surface area contributed by atoms with Crippen molar-refractivity contribution >= 4 is 5.71 Å². The van der Waals surface area contributed by atoms with Crippen molar-refractivity contribution < 1.29 is 9.94 Å². The first-order valence-electron chi connectivity index (χ1n) is 7.33. The van der Waals surface area contributed by atoms with Crippen LogP contribution in [-0.2, 0) is 6.42 Å². The first kappa shape index (κ1) is 14.9. The van der Waals surface area contributed by atoms with E-state index in [2.05, 4.69) is 29.1 Å². The minimum absolute atomic E-state index is 0.407. The lowest BCUT2D eigenvalue weighted by atomic mass is 9.93. The Morgan fingerprint density at radius 2 is 2.10 bits per heavy atom. The summed E-state index contributed by atoms with van der Waals surface area (Å²) >= 11 is 0. The second kappa shape index (κ2) is 7.29. The molecule has 20 heavy (non-hydrogen) atoms. The molecule has 1 atom stereocenters. The first-order valence-corrected chi connectivity index (χ1v) is 7.33. The van der Waals surface area contributed by atoms with E-state index in [4.69, 9.17) is 9.94 Å². The molecule has 4 nitrogen and oxygen atoms in total. The van der Waals surface area contributed by atoms with Crippen LogP contribution >= 0.6 is 0 Å². The number of oxime groups is 1. The molecule has 110 valence electrons. The maximum absolute atomic E-state index is 8.99. The van der Waals surface area contributed by atoms with Gasteiger partial charge in [-0.25, -0.2) is 0 Å². The molecule has 0 amide bonds. The summed E-state index contributed by atoms with van der Waals surface area (Å²) in [5.74, 6) is 1.31. The number of rotatable bonds is 5. The van der Waals surface area contributed by atoms with Crippen LogP contribution in [0.15, 0.2) is 29.4 Å². The molecule has 0 aliphatic carbocycles. The second-order valence-electron chi connectivity index (χ2n) is 5.35. The van der Waals surface area contributed by atoms with E-state index in [1.165, 1.54) is 5.56 Å². The molecular formula is C16H24N2O2. The molecule has 1 aliphatic heterocycles.